The van der Waals surface area contributed by atoms with Crippen molar-refractivity contribution >= 4 is 11.9 Å². The predicted molar refractivity (Wildman–Crippen MR) is 96.4 cm³/mol. The van der Waals surface area contributed by atoms with E-state index in [1.54, 1.807) is 43.1 Å². The summed E-state index contributed by atoms with van der Waals surface area (Å²) < 4.78 is 10.6. The lowest BCUT2D eigenvalue weighted by atomic mass is 9.87. The van der Waals surface area contributed by atoms with Gasteiger partial charge in [0.25, 0.3) is 5.91 Å². The van der Waals surface area contributed by atoms with E-state index < -0.39 is 12.1 Å². The number of benzene rings is 1. The van der Waals surface area contributed by atoms with Gasteiger partial charge in [-0.1, -0.05) is 6.92 Å². The minimum atomic E-state index is -0.837. The number of likely N-dealkylation sites (N-methyl/N-ethyl adjacent to an activating group) is 1. The number of nitriles is 1. The molecule has 0 radical (unpaired) electrons. The van der Waals surface area contributed by atoms with Crippen LogP contribution in [0.1, 0.15) is 45.1 Å². The average molecular weight is 358 g/mol. The van der Waals surface area contributed by atoms with Gasteiger partial charge in [-0.15, -0.1) is 0 Å². The van der Waals surface area contributed by atoms with E-state index in [2.05, 4.69) is 6.92 Å². The zero-order valence-electron chi connectivity index (χ0n) is 15.6. The fourth-order valence-corrected chi connectivity index (χ4v) is 3.05. The van der Waals surface area contributed by atoms with E-state index in [0.29, 0.717) is 17.2 Å². The van der Waals surface area contributed by atoms with Crippen molar-refractivity contribution in [3.63, 3.8) is 0 Å². The molecule has 2 rings (SSSR count). The lowest BCUT2D eigenvalue weighted by Gasteiger charge is -2.33. The number of hydrogen-bond donors (Lipinski definition) is 0. The minimum absolute atomic E-state index is 0.191. The quantitative estimate of drug-likeness (QED) is 0.731. The Morgan fingerprint density at radius 3 is 2.42 bits per heavy atom. The molecular formula is C20H26N2O4. The molecule has 1 saturated carbocycles. The first-order valence-electron chi connectivity index (χ1n) is 8.99. The van der Waals surface area contributed by atoms with Gasteiger partial charge in [-0.25, -0.2) is 4.79 Å². The van der Waals surface area contributed by atoms with Crippen molar-refractivity contribution in [2.45, 2.75) is 51.7 Å². The van der Waals surface area contributed by atoms with Gasteiger partial charge in [-0.3, -0.25) is 4.79 Å². The molecular weight excluding hydrogens is 332 g/mol. The van der Waals surface area contributed by atoms with Crippen LogP contribution in [0.4, 0.5) is 0 Å². The first-order valence-corrected chi connectivity index (χ1v) is 8.99. The number of ether oxygens (including phenoxy) is 2. The molecule has 0 saturated heterocycles. The molecule has 140 valence electrons. The van der Waals surface area contributed by atoms with Crippen LogP contribution in [0.5, 0.6) is 5.75 Å². The molecule has 1 atom stereocenters. The second-order valence-electron chi connectivity index (χ2n) is 6.92. The van der Waals surface area contributed by atoms with Gasteiger partial charge >= 0.3 is 5.97 Å². The summed E-state index contributed by atoms with van der Waals surface area (Å²) in [6.45, 7) is 3.52. The van der Waals surface area contributed by atoms with Crippen molar-refractivity contribution < 1.29 is 19.1 Å². The van der Waals surface area contributed by atoms with Crippen LogP contribution in [-0.2, 0) is 14.3 Å². The summed E-state index contributed by atoms with van der Waals surface area (Å²) in [5.41, 5.74) is 0.512. The van der Waals surface area contributed by atoms with E-state index in [4.69, 9.17) is 14.7 Å². The molecule has 6 heteroatoms. The van der Waals surface area contributed by atoms with Crippen molar-refractivity contribution in [2.24, 2.45) is 5.92 Å². The summed E-state index contributed by atoms with van der Waals surface area (Å²) in [7, 11) is 1.77. The van der Waals surface area contributed by atoms with Gasteiger partial charge in [-0.2, -0.15) is 5.26 Å². The molecule has 0 N–H and O–H groups in total. The predicted octanol–water partition coefficient (Wildman–Crippen LogP) is 2.91. The Balaban J connectivity index is 1.77. The molecule has 1 fully saturated rings. The number of carbonyl (C=O) groups is 2. The highest BCUT2D eigenvalue weighted by Gasteiger charge is 2.26. The molecule has 1 aliphatic rings. The SMILES string of the molecule is CC1CCC(N(C)C(=O)COC(=O)[C@@H](C)Oc2ccc(C#N)cc2)CC1. The van der Waals surface area contributed by atoms with Gasteiger partial charge in [0.05, 0.1) is 11.6 Å². The molecule has 0 bridgehead atoms. The third kappa shape index (κ3) is 5.48. The van der Waals surface area contributed by atoms with Crippen molar-refractivity contribution in [1.82, 2.24) is 4.90 Å². The fraction of sp³-hybridized carbons (Fsp3) is 0.550. The molecule has 0 aliphatic heterocycles. The lowest BCUT2D eigenvalue weighted by Crippen LogP contribution is -2.42. The summed E-state index contributed by atoms with van der Waals surface area (Å²) in [6.07, 6.45) is 3.40. The molecule has 1 aromatic rings. The molecule has 0 unspecified atom stereocenters. The van der Waals surface area contributed by atoms with Crippen LogP contribution in [0.15, 0.2) is 24.3 Å². The van der Waals surface area contributed by atoms with Gasteiger partial charge < -0.3 is 14.4 Å². The molecule has 0 heterocycles. The Labute approximate surface area is 154 Å². The van der Waals surface area contributed by atoms with Crippen molar-refractivity contribution in [3.05, 3.63) is 29.8 Å². The van der Waals surface area contributed by atoms with Crippen molar-refractivity contribution in [2.75, 3.05) is 13.7 Å². The Morgan fingerprint density at radius 1 is 1.23 bits per heavy atom. The average Bonchev–Trinajstić information content (AvgIpc) is 2.66. The highest BCUT2D eigenvalue weighted by atomic mass is 16.6. The molecule has 0 aromatic heterocycles. The largest absolute Gasteiger partial charge is 0.479 e. The van der Waals surface area contributed by atoms with Crippen LogP contribution in [0, 0.1) is 17.2 Å². The van der Waals surface area contributed by atoms with Crippen molar-refractivity contribution in [1.29, 1.82) is 5.26 Å². The van der Waals surface area contributed by atoms with Gasteiger partial charge in [0.15, 0.2) is 12.7 Å². The normalized spacial score (nSPS) is 20.5. The molecule has 0 spiro atoms. The highest BCUT2D eigenvalue weighted by molar-refractivity contribution is 5.82. The van der Waals surface area contributed by atoms with Gasteiger partial charge in [0, 0.05) is 13.1 Å². The zero-order valence-corrected chi connectivity index (χ0v) is 15.6. The second kappa shape index (κ2) is 9.23. The summed E-state index contributed by atoms with van der Waals surface area (Å²) in [4.78, 5) is 26.0. The maximum absolute atomic E-state index is 12.3. The molecule has 1 aromatic carbocycles. The maximum Gasteiger partial charge on any atom is 0.347 e. The van der Waals surface area contributed by atoms with Crippen LogP contribution < -0.4 is 4.74 Å². The summed E-state index contributed by atoms with van der Waals surface area (Å²) in [6, 6.07) is 8.69. The third-order valence-corrected chi connectivity index (χ3v) is 4.89. The van der Waals surface area contributed by atoms with E-state index in [1.165, 1.54) is 0 Å². The Hall–Kier alpha value is -2.55. The molecule has 6 nitrogen and oxygen atoms in total. The number of nitrogens with zero attached hydrogens (tertiary/aromatic N) is 2. The van der Waals surface area contributed by atoms with Gasteiger partial charge in [0.2, 0.25) is 0 Å². The standard InChI is InChI=1S/C20H26N2O4/c1-14-4-8-17(9-5-14)22(3)19(23)13-25-20(24)15(2)26-18-10-6-16(12-21)7-11-18/h6-7,10-11,14-15,17H,4-5,8-9,13H2,1-3H3/t14?,15-,17?/m1/s1. The third-order valence-electron chi connectivity index (χ3n) is 4.89. The summed E-state index contributed by atoms with van der Waals surface area (Å²) >= 11 is 0. The van der Waals surface area contributed by atoms with Crippen molar-refractivity contribution in [3.8, 4) is 11.8 Å². The molecule has 1 amide bonds. The second-order valence-corrected chi connectivity index (χ2v) is 6.92. The fourth-order valence-electron chi connectivity index (χ4n) is 3.05. The van der Waals surface area contributed by atoms with Crippen LogP contribution in [0.25, 0.3) is 0 Å². The van der Waals surface area contributed by atoms with Gasteiger partial charge in [-0.05, 0) is 62.8 Å². The van der Waals surface area contributed by atoms with E-state index in [1.807, 2.05) is 6.07 Å². The van der Waals surface area contributed by atoms with E-state index in [0.717, 1.165) is 25.7 Å². The number of carbonyl (C=O) groups excluding carboxylic acids is 2. The van der Waals surface area contributed by atoms with Gasteiger partial charge in [0.1, 0.15) is 5.75 Å². The number of hydrogen-bond acceptors (Lipinski definition) is 5. The lowest BCUT2D eigenvalue weighted by molar-refractivity contribution is -0.157. The van der Waals surface area contributed by atoms with Crippen LogP contribution in [0.2, 0.25) is 0 Å². The molecule has 1 aliphatic carbocycles. The van der Waals surface area contributed by atoms with Crippen LogP contribution >= 0.6 is 0 Å². The Morgan fingerprint density at radius 2 is 1.85 bits per heavy atom. The Bertz CT molecular complexity index is 657. The summed E-state index contributed by atoms with van der Waals surface area (Å²) in [5, 5.41) is 8.77. The monoisotopic (exact) mass is 358 g/mol. The Kier molecular flexibility index (Phi) is 7.02. The molecule has 26 heavy (non-hydrogen) atoms. The van der Waals surface area contributed by atoms with E-state index in [-0.39, 0.29) is 18.6 Å². The highest BCUT2D eigenvalue weighted by Crippen LogP contribution is 2.26. The minimum Gasteiger partial charge on any atom is -0.479 e. The topological polar surface area (TPSA) is 79.6 Å². The maximum atomic E-state index is 12.3. The smallest absolute Gasteiger partial charge is 0.347 e. The number of esters is 1. The van der Waals surface area contributed by atoms with E-state index in [9.17, 15) is 9.59 Å². The number of rotatable bonds is 6. The zero-order chi connectivity index (χ0) is 19.1. The summed E-state index contributed by atoms with van der Waals surface area (Å²) in [5.74, 6) is 0.401. The van der Waals surface area contributed by atoms with Crippen LogP contribution in [0.3, 0.4) is 0 Å². The van der Waals surface area contributed by atoms with Crippen LogP contribution in [-0.4, -0.2) is 42.6 Å². The number of amides is 1. The first kappa shape index (κ1) is 19.8. The first-order chi connectivity index (χ1) is 12.4. The van der Waals surface area contributed by atoms with E-state index >= 15 is 0 Å².